The summed E-state index contributed by atoms with van der Waals surface area (Å²) in [7, 11) is 0. The van der Waals surface area contributed by atoms with Crippen molar-refractivity contribution in [2.24, 2.45) is 40.1 Å². The molecule has 4 fully saturated rings. The number of fused-ring (bicyclic) bond motifs is 5. The molecule has 8 nitrogen and oxygen atoms in total. The quantitative estimate of drug-likeness (QED) is 0.489. The smallest absolute Gasteiger partial charge is 0.335 e. The first-order valence-electron chi connectivity index (χ1n) is 13.6. The SMILES string of the molecule is C[C@]12CC[C@H](NC(=O)C(N)CC(N)=O)C[C@H]1CC[C@@H]1[C@@H]2CC[C@]2(C)[C@@H](c3ccc(=O)oc3)CC[C@]12O. The van der Waals surface area contributed by atoms with E-state index in [9.17, 15) is 19.5 Å². The number of amides is 2. The molecule has 198 valence electrons. The lowest BCUT2D eigenvalue weighted by Gasteiger charge is -2.63. The third kappa shape index (κ3) is 3.92. The van der Waals surface area contributed by atoms with Crippen LogP contribution in [-0.4, -0.2) is 34.6 Å². The van der Waals surface area contributed by atoms with E-state index in [1.165, 1.54) is 6.07 Å². The second-order valence-electron chi connectivity index (χ2n) is 12.6. The topological polar surface area (TPSA) is 149 Å². The van der Waals surface area contributed by atoms with E-state index in [4.69, 9.17) is 15.9 Å². The van der Waals surface area contributed by atoms with E-state index >= 15 is 0 Å². The zero-order valence-corrected chi connectivity index (χ0v) is 21.5. The zero-order chi connectivity index (χ0) is 25.9. The van der Waals surface area contributed by atoms with Crippen molar-refractivity contribution in [3.8, 4) is 0 Å². The van der Waals surface area contributed by atoms with Gasteiger partial charge in [-0.1, -0.05) is 13.8 Å². The summed E-state index contributed by atoms with van der Waals surface area (Å²) >= 11 is 0. The summed E-state index contributed by atoms with van der Waals surface area (Å²) in [6.45, 7) is 4.66. The minimum atomic E-state index is -0.898. The van der Waals surface area contributed by atoms with Crippen molar-refractivity contribution < 1.29 is 19.1 Å². The molecule has 4 saturated carbocycles. The molecule has 9 atom stereocenters. The third-order valence-electron chi connectivity index (χ3n) is 11.1. The molecule has 8 heteroatoms. The Morgan fingerprint density at radius 2 is 1.89 bits per heavy atom. The second kappa shape index (κ2) is 8.98. The van der Waals surface area contributed by atoms with Crippen LogP contribution in [0.1, 0.15) is 89.5 Å². The number of aliphatic hydroxyl groups is 1. The second-order valence-corrected chi connectivity index (χ2v) is 12.6. The van der Waals surface area contributed by atoms with Crippen LogP contribution in [0, 0.1) is 28.6 Å². The summed E-state index contributed by atoms with van der Waals surface area (Å²) in [6.07, 6.45) is 10.0. The molecule has 0 aromatic carbocycles. The Kier molecular flexibility index (Phi) is 6.35. The molecular weight excluding hydrogens is 458 g/mol. The number of nitrogens with one attached hydrogen (secondary N) is 1. The molecule has 1 unspecified atom stereocenters. The monoisotopic (exact) mass is 499 g/mol. The van der Waals surface area contributed by atoms with Crippen molar-refractivity contribution in [3.05, 3.63) is 34.4 Å². The molecular formula is C28H41N3O5. The van der Waals surface area contributed by atoms with Crippen molar-refractivity contribution in [1.82, 2.24) is 5.32 Å². The summed E-state index contributed by atoms with van der Waals surface area (Å²) in [6, 6.07) is 2.53. The highest BCUT2D eigenvalue weighted by molar-refractivity contribution is 5.87. The Bertz CT molecular complexity index is 1070. The van der Waals surface area contributed by atoms with Crippen LogP contribution >= 0.6 is 0 Å². The first-order valence-corrected chi connectivity index (χ1v) is 13.6. The Labute approximate surface area is 212 Å². The fourth-order valence-electron chi connectivity index (χ4n) is 9.08. The van der Waals surface area contributed by atoms with Gasteiger partial charge >= 0.3 is 5.63 Å². The van der Waals surface area contributed by atoms with Crippen LogP contribution in [0.5, 0.6) is 0 Å². The van der Waals surface area contributed by atoms with Gasteiger partial charge in [-0.15, -0.1) is 0 Å². The fourth-order valence-corrected chi connectivity index (χ4v) is 9.08. The van der Waals surface area contributed by atoms with Gasteiger partial charge in [0, 0.05) is 17.5 Å². The van der Waals surface area contributed by atoms with Gasteiger partial charge in [0.15, 0.2) is 0 Å². The van der Waals surface area contributed by atoms with Gasteiger partial charge in [0.25, 0.3) is 0 Å². The van der Waals surface area contributed by atoms with E-state index in [-0.39, 0.29) is 46.7 Å². The Morgan fingerprint density at radius 3 is 2.58 bits per heavy atom. The van der Waals surface area contributed by atoms with Crippen molar-refractivity contribution in [2.75, 3.05) is 0 Å². The van der Waals surface area contributed by atoms with Gasteiger partial charge in [0.05, 0.1) is 24.3 Å². The van der Waals surface area contributed by atoms with Crippen LogP contribution < -0.4 is 22.4 Å². The van der Waals surface area contributed by atoms with Gasteiger partial charge in [-0.2, -0.15) is 0 Å². The molecule has 5 rings (SSSR count). The highest BCUT2D eigenvalue weighted by atomic mass is 16.4. The van der Waals surface area contributed by atoms with E-state index in [2.05, 4.69) is 19.2 Å². The molecule has 0 bridgehead atoms. The number of rotatable bonds is 5. The summed E-state index contributed by atoms with van der Waals surface area (Å²) < 4.78 is 5.19. The molecule has 4 aliphatic carbocycles. The summed E-state index contributed by atoms with van der Waals surface area (Å²) in [5.41, 5.74) is 10.9. The molecule has 6 N–H and O–H groups in total. The van der Waals surface area contributed by atoms with E-state index in [1.807, 2.05) is 6.07 Å². The highest BCUT2D eigenvalue weighted by Gasteiger charge is 2.67. The first-order chi connectivity index (χ1) is 17.0. The molecule has 1 heterocycles. The maximum absolute atomic E-state index is 12.5. The molecule has 36 heavy (non-hydrogen) atoms. The maximum atomic E-state index is 12.5. The minimum absolute atomic E-state index is 0.0617. The lowest BCUT2D eigenvalue weighted by molar-refractivity contribution is -0.202. The highest BCUT2D eigenvalue weighted by Crippen LogP contribution is 2.70. The number of hydrogen-bond donors (Lipinski definition) is 4. The van der Waals surface area contributed by atoms with Crippen LogP contribution in [0.15, 0.2) is 27.6 Å². The lowest BCUT2D eigenvalue weighted by Crippen LogP contribution is -2.62. The molecule has 2 amide bonds. The van der Waals surface area contributed by atoms with Crippen LogP contribution in [0.3, 0.4) is 0 Å². The largest absolute Gasteiger partial charge is 0.431 e. The number of nitrogens with two attached hydrogens (primary N) is 2. The molecule has 1 aromatic heterocycles. The number of carbonyl (C=O) groups is 2. The van der Waals surface area contributed by atoms with Gasteiger partial charge in [0.2, 0.25) is 11.8 Å². The molecule has 0 spiro atoms. The standard InChI is InChI=1S/C28H41N3O5/c1-26-10-7-18(31-25(34)22(29)14-23(30)32)13-17(26)4-5-21-20(26)8-11-27(2)19(9-12-28(21,27)35)16-3-6-24(33)36-15-16/h3,6,15,17-22,35H,4-5,7-14,29H2,1-2H3,(H2,30,32)(H,31,34)/t17-,18+,19-,20+,21-,22?,26+,27-,28+/m1/s1. The number of hydrogen-bond acceptors (Lipinski definition) is 6. The molecule has 0 saturated heterocycles. The molecule has 4 aliphatic rings. The summed E-state index contributed by atoms with van der Waals surface area (Å²) in [5, 5.41) is 15.4. The van der Waals surface area contributed by atoms with Gasteiger partial charge in [-0.05, 0) is 98.5 Å². The molecule has 0 aliphatic heterocycles. The van der Waals surface area contributed by atoms with E-state index in [1.54, 1.807) is 6.26 Å². The fraction of sp³-hybridized carbons (Fsp3) is 0.750. The normalized spacial score (nSPS) is 42.5. The van der Waals surface area contributed by atoms with E-state index in [0.29, 0.717) is 11.8 Å². The van der Waals surface area contributed by atoms with E-state index < -0.39 is 17.6 Å². The van der Waals surface area contributed by atoms with Crippen molar-refractivity contribution in [2.45, 2.75) is 102 Å². The van der Waals surface area contributed by atoms with Gasteiger partial charge < -0.3 is 26.3 Å². The molecule has 1 aromatic rings. The number of carbonyl (C=O) groups excluding carboxylic acids is 2. The van der Waals surface area contributed by atoms with Crippen molar-refractivity contribution in [3.63, 3.8) is 0 Å². The zero-order valence-electron chi connectivity index (χ0n) is 21.5. The lowest BCUT2D eigenvalue weighted by atomic mass is 9.43. The number of primary amides is 1. The predicted octanol–water partition coefficient (Wildman–Crippen LogP) is 2.57. The maximum Gasteiger partial charge on any atom is 0.335 e. The minimum Gasteiger partial charge on any atom is -0.431 e. The third-order valence-corrected chi connectivity index (χ3v) is 11.1. The van der Waals surface area contributed by atoms with Crippen molar-refractivity contribution in [1.29, 1.82) is 0 Å². The van der Waals surface area contributed by atoms with Gasteiger partial charge in [0.1, 0.15) is 0 Å². The van der Waals surface area contributed by atoms with Crippen LogP contribution in [-0.2, 0) is 9.59 Å². The van der Waals surface area contributed by atoms with Gasteiger partial charge in [-0.3, -0.25) is 9.59 Å². The first kappa shape index (κ1) is 25.5. The van der Waals surface area contributed by atoms with Crippen LogP contribution in [0.25, 0.3) is 0 Å². The van der Waals surface area contributed by atoms with E-state index in [0.717, 1.165) is 63.4 Å². The Balaban J connectivity index is 1.31. The predicted molar refractivity (Wildman–Crippen MR) is 135 cm³/mol. The van der Waals surface area contributed by atoms with Crippen LogP contribution in [0.2, 0.25) is 0 Å². The average Bonchev–Trinajstić information content (AvgIpc) is 3.10. The van der Waals surface area contributed by atoms with Crippen LogP contribution in [0.4, 0.5) is 0 Å². The molecule has 0 radical (unpaired) electrons. The average molecular weight is 500 g/mol. The summed E-state index contributed by atoms with van der Waals surface area (Å²) in [4.78, 5) is 35.1. The van der Waals surface area contributed by atoms with Crippen molar-refractivity contribution >= 4 is 11.8 Å². The Hall–Kier alpha value is -2.19. The summed E-state index contributed by atoms with van der Waals surface area (Å²) in [5.74, 6) is 0.518. The Morgan fingerprint density at radius 1 is 1.11 bits per heavy atom. The van der Waals surface area contributed by atoms with Gasteiger partial charge in [-0.25, -0.2) is 4.79 Å².